The number of aliphatic carboxylic acids is 1. The van der Waals surface area contributed by atoms with Crippen molar-refractivity contribution in [2.24, 2.45) is 0 Å². The van der Waals surface area contributed by atoms with Crippen molar-refractivity contribution >= 4 is 17.6 Å². The molecule has 17 heavy (non-hydrogen) atoms. The Morgan fingerprint density at radius 3 is 2.65 bits per heavy atom. The molecule has 0 aromatic heterocycles. The van der Waals surface area contributed by atoms with Gasteiger partial charge in [-0.2, -0.15) is 0 Å². The van der Waals surface area contributed by atoms with Crippen molar-refractivity contribution in [2.45, 2.75) is 39.4 Å². The number of carboxylic acid groups (broad SMARTS) is 1. The zero-order chi connectivity index (χ0) is 13.0. The topological polar surface area (TPSA) is 46.5 Å². The molecule has 0 saturated carbocycles. The smallest absolute Gasteiger partial charge is 0.333 e. The summed E-state index contributed by atoms with van der Waals surface area (Å²) in [6, 6.07) is 5.46. The summed E-state index contributed by atoms with van der Waals surface area (Å²) in [5, 5.41) is 9.70. The van der Waals surface area contributed by atoms with Crippen molar-refractivity contribution in [3.8, 4) is 0 Å². The highest BCUT2D eigenvalue weighted by Gasteiger charge is 2.20. The molecule has 0 aliphatic heterocycles. The van der Waals surface area contributed by atoms with Gasteiger partial charge < -0.3 is 9.84 Å². The molecule has 1 rings (SSSR count). The number of ether oxygens (including phenoxy) is 1. The van der Waals surface area contributed by atoms with Crippen molar-refractivity contribution in [2.75, 3.05) is 0 Å². The van der Waals surface area contributed by atoms with Crippen LogP contribution in [-0.4, -0.2) is 23.3 Å². The van der Waals surface area contributed by atoms with E-state index >= 15 is 0 Å². The molecule has 0 saturated heterocycles. The molecule has 0 heterocycles. The molecule has 0 aliphatic carbocycles. The van der Waals surface area contributed by atoms with Crippen LogP contribution in [0.2, 0.25) is 5.02 Å². The van der Waals surface area contributed by atoms with Crippen LogP contribution in [-0.2, 0) is 16.0 Å². The Labute approximate surface area is 106 Å². The minimum Gasteiger partial charge on any atom is -0.479 e. The van der Waals surface area contributed by atoms with E-state index in [1.54, 1.807) is 12.1 Å². The number of carboxylic acids is 1. The third-order valence-corrected chi connectivity index (χ3v) is 2.66. The first-order chi connectivity index (χ1) is 7.90. The van der Waals surface area contributed by atoms with E-state index < -0.39 is 12.1 Å². The average Bonchev–Trinajstić information content (AvgIpc) is 2.21. The summed E-state index contributed by atoms with van der Waals surface area (Å²) in [6.07, 6.45) is -0.609. The van der Waals surface area contributed by atoms with Gasteiger partial charge in [0.25, 0.3) is 0 Å². The third-order valence-electron chi connectivity index (χ3n) is 2.43. The number of hydrogen-bond acceptors (Lipinski definition) is 2. The fourth-order valence-corrected chi connectivity index (χ4v) is 1.78. The number of aryl methyl sites for hydroxylation is 1. The lowest BCUT2D eigenvalue weighted by Gasteiger charge is -2.17. The van der Waals surface area contributed by atoms with Crippen molar-refractivity contribution in [3.63, 3.8) is 0 Å². The van der Waals surface area contributed by atoms with Crippen LogP contribution in [0.15, 0.2) is 18.2 Å². The molecule has 0 bridgehead atoms. The van der Waals surface area contributed by atoms with Crippen molar-refractivity contribution < 1.29 is 14.6 Å². The van der Waals surface area contributed by atoms with E-state index in [4.69, 9.17) is 21.4 Å². The Morgan fingerprint density at radius 2 is 2.12 bits per heavy atom. The standard InChI is InChI=1S/C13H17ClO3/c1-8(2)17-12(13(15)16)7-10-6-11(14)5-4-9(10)3/h4-6,8,12H,7H2,1-3H3,(H,15,16)/t12-/m0/s1. The average molecular weight is 257 g/mol. The maximum absolute atomic E-state index is 11.1. The molecule has 4 heteroatoms. The first kappa shape index (κ1) is 14.0. The van der Waals surface area contributed by atoms with E-state index in [1.165, 1.54) is 0 Å². The Morgan fingerprint density at radius 1 is 1.47 bits per heavy atom. The van der Waals surface area contributed by atoms with Crippen LogP contribution < -0.4 is 0 Å². The van der Waals surface area contributed by atoms with Crippen molar-refractivity contribution in [3.05, 3.63) is 34.3 Å². The summed E-state index contributed by atoms with van der Waals surface area (Å²) >= 11 is 5.90. The van der Waals surface area contributed by atoms with Crippen LogP contribution in [0.1, 0.15) is 25.0 Å². The van der Waals surface area contributed by atoms with Crippen LogP contribution in [0, 0.1) is 6.92 Å². The highest BCUT2D eigenvalue weighted by Crippen LogP contribution is 2.18. The molecule has 94 valence electrons. The van der Waals surface area contributed by atoms with Gasteiger partial charge in [0.1, 0.15) is 0 Å². The molecule has 0 radical (unpaired) electrons. The molecule has 0 fully saturated rings. The van der Waals surface area contributed by atoms with Crippen LogP contribution >= 0.6 is 11.6 Å². The molecule has 0 spiro atoms. The summed E-state index contributed by atoms with van der Waals surface area (Å²) < 4.78 is 5.37. The minimum atomic E-state index is -0.946. The maximum Gasteiger partial charge on any atom is 0.333 e. The van der Waals surface area contributed by atoms with Crippen molar-refractivity contribution in [1.29, 1.82) is 0 Å². The van der Waals surface area contributed by atoms with Gasteiger partial charge in [0.2, 0.25) is 0 Å². The predicted octanol–water partition coefficient (Wildman–Crippen LogP) is 3.07. The molecule has 1 aromatic rings. The second kappa shape index (κ2) is 6.03. The van der Waals surface area contributed by atoms with Crippen LogP contribution in [0.4, 0.5) is 0 Å². The van der Waals surface area contributed by atoms with Crippen LogP contribution in [0.25, 0.3) is 0 Å². The number of hydrogen-bond donors (Lipinski definition) is 1. The quantitative estimate of drug-likeness (QED) is 0.881. The van der Waals surface area contributed by atoms with E-state index in [1.807, 2.05) is 26.8 Å². The van der Waals surface area contributed by atoms with E-state index in [9.17, 15) is 4.79 Å². The van der Waals surface area contributed by atoms with Gasteiger partial charge >= 0.3 is 5.97 Å². The first-order valence-corrected chi connectivity index (χ1v) is 5.91. The number of benzene rings is 1. The second-order valence-corrected chi connectivity index (χ2v) is 4.72. The summed E-state index contributed by atoms with van der Waals surface area (Å²) in [7, 11) is 0. The van der Waals surface area contributed by atoms with Gasteiger partial charge in [-0.25, -0.2) is 4.79 Å². The fourth-order valence-electron chi connectivity index (χ4n) is 1.58. The van der Waals surface area contributed by atoms with Crippen LogP contribution in [0.3, 0.4) is 0 Å². The number of rotatable bonds is 5. The maximum atomic E-state index is 11.1. The largest absolute Gasteiger partial charge is 0.479 e. The number of carbonyl (C=O) groups is 1. The summed E-state index contributed by atoms with van der Waals surface area (Å²) in [5.41, 5.74) is 1.93. The Bertz CT molecular complexity index is 402. The van der Waals surface area contributed by atoms with Crippen molar-refractivity contribution in [1.82, 2.24) is 0 Å². The molecule has 1 aromatic carbocycles. The summed E-state index contributed by atoms with van der Waals surface area (Å²) in [5.74, 6) is -0.946. The summed E-state index contributed by atoms with van der Waals surface area (Å²) in [6.45, 7) is 5.57. The van der Waals surface area contributed by atoms with Gasteiger partial charge in [0, 0.05) is 11.4 Å². The summed E-state index contributed by atoms with van der Waals surface area (Å²) in [4.78, 5) is 11.1. The second-order valence-electron chi connectivity index (χ2n) is 4.29. The van der Waals surface area contributed by atoms with Gasteiger partial charge in [0.15, 0.2) is 6.10 Å². The van der Waals surface area contributed by atoms with E-state index in [2.05, 4.69) is 0 Å². The molecule has 0 aliphatic rings. The molecule has 1 atom stereocenters. The molecule has 1 N–H and O–H groups in total. The lowest BCUT2D eigenvalue weighted by molar-refractivity contribution is -0.153. The highest BCUT2D eigenvalue weighted by molar-refractivity contribution is 6.30. The Hall–Kier alpha value is -1.06. The normalized spacial score (nSPS) is 12.8. The van der Waals surface area contributed by atoms with Gasteiger partial charge in [-0.1, -0.05) is 17.7 Å². The zero-order valence-electron chi connectivity index (χ0n) is 10.2. The van der Waals surface area contributed by atoms with E-state index in [-0.39, 0.29) is 6.10 Å². The fraction of sp³-hybridized carbons (Fsp3) is 0.462. The lowest BCUT2D eigenvalue weighted by Crippen LogP contribution is -2.29. The number of halogens is 1. The Kier molecular flexibility index (Phi) is 4.97. The van der Waals surface area contributed by atoms with Crippen LogP contribution in [0.5, 0.6) is 0 Å². The monoisotopic (exact) mass is 256 g/mol. The zero-order valence-corrected chi connectivity index (χ0v) is 11.0. The van der Waals surface area contributed by atoms with Gasteiger partial charge in [0.05, 0.1) is 6.10 Å². The molecule has 3 nitrogen and oxygen atoms in total. The van der Waals surface area contributed by atoms with Gasteiger partial charge in [-0.05, 0) is 44.0 Å². The predicted molar refractivity (Wildman–Crippen MR) is 67.5 cm³/mol. The van der Waals surface area contributed by atoms with Gasteiger partial charge in [-0.15, -0.1) is 0 Å². The molecular weight excluding hydrogens is 240 g/mol. The molecular formula is C13H17ClO3. The van der Waals surface area contributed by atoms with Gasteiger partial charge in [-0.3, -0.25) is 0 Å². The van der Waals surface area contributed by atoms with E-state index in [0.29, 0.717) is 11.4 Å². The first-order valence-electron chi connectivity index (χ1n) is 5.53. The SMILES string of the molecule is Cc1ccc(Cl)cc1C[C@H](OC(C)C)C(=O)O. The highest BCUT2D eigenvalue weighted by atomic mass is 35.5. The Balaban J connectivity index is 2.85. The molecule has 0 amide bonds. The lowest BCUT2D eigenvalue weighted by atomic mass is 10.0. The van der Waals surface area contributed by atoms with E-state index in [0.717, 1.165) is 11.1 Å². The third kappa shape index (κ3) is 4.36. The molecule has 0 unspecified atom stereocenters. The minimum absolute atomic E-state index is 0.115.